The molecular formula is C15H28N4O. The molecule has 5 nitrogen and oxygen atoms in total. The number of aryl methyl sites for hydroxylation is 1. The summed E-state index contributed by atoms with van der Waals surface area (Å²) in [5, 5.41) is 4.66. The summed E-state index contributed by atoms with van der Waals surface area (Å²) in [4.78, 5) is 2.43. The van der Waals surface area contributed by atoms with Gasteiger partial charge in [0.2, 0.25) is 0 Å². The van der Waals surface area contributed by atoms with Crippen LogP contribution in [0.15, 0.2) is 6.20 Å². The Morgan fingerprint density at radius 3 is 2.70 bits per heavy atom. The number of nitrogens with zero attached hydrogens (tertiary/aromatic N) is 3. The van der Waals surface area contributed by atoms with Gasteiger partial charge in [0.1, 0.15) is 0 Å². The highest BCUT2D eigenvalue weighted by molar-refractivity contribution is 5.28. The number of aromatic nitrogens is 2. The third kappa shape index (κ3) is 3.05. The molecule has 0 amide bonds. The van der Waals surface area contributed by atoms with E-state index in [2.05, 4.69) is 37.0 Å². The molecule has 0 aliphatic carbocycles. The molecule has 20 heavy (non-hydrogen) atoms. The van der Waals surface area contributed by atoms with Gasteiger partial charge in [0.05, 0.1) is 17.8 Å². The van der Waals surface area contributed by atoms with Crippen molar-refractivity contribution in [3.05, 3.63) is 17.5 Å². The summed E-state index contributed by atoms with van der Waals surface area (Å²) in [6.45, 7) is 9.22. The van der Waals surface area contributed by atoms with Crippen molar-refractivity contribution in [3.8, 4) is 0 Å². The van der Waals surface area contributed by atoms with Crippen LogP contribution in [0.4, 0.5) is 0 Å². The van der Waals surface area contributed by atoms with E-state index in [1.54, 1.807) is 7.11 Å². The summed E-state index contributed by atoms with van der Waals surface area (Å²) in [5.74, 6) is 0. The highest BCUT2D eigenvalue weighted by Gasteiger charge is 2.33. The van der Waals surface area contributed by atoms with Crippen molar-refractivity contribution < 1.29 is 4.74 Å². The molecule has 1 saturated heterocycles. The van der Waals surface area contributed by atoms with Gasteiger partial charge in [-0.1, -0.05) is 20.8 Å². The molecule has 2 heterocycles. The van der Waals surface area contributed by atoms with Crippen molar-refractivity contribution in [2.75, 3.05) is 26.7 Å². The fourth-order valence-corrected chi connectivity index (χ4v) is 3.04. The number of hydrogen-bond donors (Lipinski definition) is 1. The van der Waals surface area contributed by atoms with Crippen molar-refractivity contribution >= 4 is 0 Å². The highest BCUT2D eigenvalue weighted by Crippen LogP contribution is 2.32. The van der Waals surface area contributed by atoms with Crippen LogP contribution in [-0.4, -0.2) is 47.5 Å². The SMILES string of the molecule is COC1CCN(C(CN)c2cn(C)nc2C(C)(C)C)C1. The average Bonchev–Trinajstić information content (AvgIpc) is 2.97. The highest BCUT2D eigenvalue weighted by atomic mass is 16.5. The van der Waals surface area contributed by atoms with Crippen LogP contribution in [0.1, 0.15) is 44.5 Å². The molecule has 0 saturated carbocycles. The normalized spacial score (nSPS) is 22.4. The van der Waals surface area contributed by atoms with Gasteiger partial charge in [-0.15, -0.1) is 0 Å². The predicted octanol–water partition coefficient (Wildman–Crippen LogP) is 1.44. The van der Waals surface area contributed by atoms with E-state index in [0.717, 1.165) is 25.2 Å². The lowest BCUT2D eigenvalue weighted by Gasteiger charge is -2.29. The Kier molecular flexibility index (Phi) is 4.52. The molecule has 0 bridgehead atoms. The molecule has 2 unspecified atom stereocenters. The van der Waals surface area contributed by atoms with E-state index in [1.807, 2.05) is 11.7 Å². The van der Waals surface area contributed by atoms with Crippen LogP contribution in [0.2, 0.25) is 0 Å². The van der Waals surface area contributed by atoms with Crippen molar-refractivity contribution in [2.24, 2.45) is 12.8 Å². The van der Waals surface area contributed by atoms with Gasteiger partial charge in [0.25, 0.3) is 0 Å². The molecule has 114 valence electrons. The fourth-order valence-electron chi connectivity index (χ4n) is 3.04. The van der Waals surface area contributed by atoms with E-state index in [1.165, 1.54) is 5.56 Å². The Labute approximate surface area is 122 Å². The van der Waals surface area contributed by atoms with Gasteiger partial charge in [-0.05, 0) is 6.42 Å². The van der Waals surface area contributed by atoms with Crippen LogP contribution in [0.5, 0.6) is 0 Å². The Morgan fingerprint density at radius 2 is 2.20 bits per heavy atom. The summed E-state index contributed by atoms with van der Waals surface area (Å²) in [6.07, 6.45) is 3.54. The lowest BCUT2D eigenvalue weighted by Crippen LogP contribution is -2.34. The average molecular weight is 280 g/mol. The molecule has 1 aromatic rings. The Morgan fingerprint density at radius 1 is 1.50 bits per heavy atom. The maximum Gasteiger partial charge on any atom is 0.0726 e. The first-order chi connectivity index (χ1) is 9.36. The molecule has 1 aromatic heterocycles. The third-order valence-corrected chi connectivity index (χ3v) is 4.10. The first kappa shape index (κ1) is 15.5. The molecule has 0 spiro atoms. The number of nitrogens with two attached hydrogens (primary N) is 1. The second-order valence-corrected chi connectivity index (χ2v) is 6.75. The molecule has 1 aliphatic rings. The Hall–Kier alpha value is -0.910. The maximum absolute atomic E-state index is 6.07. The predicted molar refractivity (Wildman–Crippen MR) is 80.7 cm³/mol. The number of hydrogen-bond acceptors (Lipinski definition) is 4. The van der Waals surface area contributed by atoms with Crippen LogP contribution in [0.25, 0.3) is 0 Å². The zero-order valence-corrected chi connectivity index (χ0v) is 13.4. The molecule has 5 heteroatoms. The second-order valence-electron chi connectivity index (χ2n) is 6.75. The van der Waals surface area contributed by atoms with Crippen LogP contribution < -0.4 is 5.73 Å². The molecule has 2 N–H and O–H groups in total. The fraction of sp³-hybridized carbons (Fsp3) is 0.800. The van der Waals surface area contributed by atoms with Gasteiger partial charge in [-0.25, -0.2) is 0 Å². The van der Waals surface area contributed by atoms with Crippen LogP contribution in [0, 0.1) is 0 Å². The molecular weight excluding hydrogens is 252 g/mol. The number of ether oxygens (including phenoxy) is 1. The topological polar surface area (TPSA) is 56.3 Å². The summed E-state index contributed by atoms with van der Waals surface area (Å²) in [7, 11) is 3.77. The van der Waals surface area contributed by atoms with Gasteiger partial charge in [-0.2, -0.15) is 5.10 Å². The van der Waals surface area contributed by atoms with E-state index >= 15 is 0 Å². The van der Waals surface area contributed by atoms with Crippen molar-refractivity contribution in [3.63, 3.8) is 0 Å². The van der Waals surface area contributed by atoms with E-state index in [0.29, 0.717) is 12.6 Å². The molecule has 2 atom stereocenters. The van der Waals surface area contributed by atoms with Gasteiger partial charge < -0.3 is 10.5 Å². The van der Waals surface area contributed by atoms with Crippen LogP contribution in [-0.2, 0) is 17.2 Å². The quantitative estimate of drug-likeness (QED) is 0.906. The van der Waals surface area contributed by atoms with Gasteiger partial charge in [0.15, 0.2) is 0 Å². The monoisotopic (exact) mass is 280 g/mol. The van der Waals surface area contributed by atoms with Gasteiger partial charge in [-0.3, -0.25) is 9.58 Å². The van der Waals surface area contributed by atoms with Crippen molar-refractivity contribution in [1.29, 1.82) is 0 Å². The van der Waals surface area contributed by atoms with Crippen molar-refractivity contribution in [2.45, 2.75) is 44.8 Å². The Bertz CT molecular complexity index is 449. The molecule has 1 aliphatic heterocycles. The minimum Gasteiger partial charge on any atom is -0.380 e. The minimum absolute atomic E-state index is 0.0321. The summed E-state index contributed by atoms with van der Waals surface area (Å²) in [5.41, 5.74) is 8.52. The van der Waals surface area contributed by atoms with E-state index in [-0.39, 0.29) is 11.5 Å². The van der Waals surface area contributed by atoms with Crippen LogP contribution >= 0.6 is 0 Å². The largest absolute Gasteiger partial charge is 0.380 e. The zero-order valence-electron chi connectivity index (χ0n) is 13.4. The van der Waals surface area contributed by atoms with Crippen LogP contribution in [0.3, 0.4) is 0 Å². The molecule has 2 rings (SSSR count). The second kappa shape index (κ2) is 5.84. The van der Waals surface area contributed by atoms with Gasteiger partial charge >= 0.3 is 0 Å². The molecule has 1 fully saturated rings. The Balaban J connectivity index is 2.28. The molecule has 0 radical (unpaired) electrons. The number of methoxy groups -OCH3 is 1. The van der Waals surface area contributed by atoms with E-state index in [4.69, 9.17) is 10.5 Å². The van der Waals surface area contributed by atoms with Gasteiger partial charge in [0, 0.05) is 51.0 Å². The summed E-state index contributed by atoms with van der Waals surface area (Å²) >= 11 is 0. The van der Waals surface area contributed by atoms with E-state index in [9.17, 15) is 0 Å². The smallest absolute Gasteiger partial charge is 0.0726 e. The lowest BCUT2D eigenvalue weighted by atomic mass is 9.87. The summed E-state index contributed by atoms with van der Waals surface area (Å²) in [6, 6.07) is 0.234. The summed E-state index contributed by atoms with van der Waals surface area (Å²) < 4.78 is 7.38. The first-order valence-corrected chi connectivity index (χ1v) is 7.37. The molecule has 0 aromatic carbocycles. The van der Waals surface area contributed by atoms with Crippen molar-refractivity contribution in [1.82, 2.24) is 14.7 Å². The third-order valence-electron chi connectivity index (χ3n) is 4.10. The zero-order chi connectivity index (χ0) is 14.9. The first-order valence-electron chi connectivity index (χ1n) is 7.37. The maximum atomic E-state index is 6.07. The lowest BCUT2D eigenvalue weighted by molar-refractivity contribution is 0.101. The number of rotatable bonds is 4. The minimum atomic E-state index is 0.0321. The standard InChI is InChI=1S/C15H28N4O/c1-15(2,3)14-12(10-18(4)17-14)13(8-16)19-7-6-11(9-19)20-5/h10-11,13H,6-9,16H2,1-5H3. The van der Waals surface area contributed by atoms with E-state index < -0.39 is 0 Å². The number of likely N-dealkylation sites (tertiary alicyclic amines) is 1.